The molecule has 0 radical (unpaired) electrons. The Morgan fingerprint density at radius 3 is 1.42 bits per heavy atom. The third-order valence-corrected chi connectivity index (χ3v) is 12.8. The van der Waals surface area contributed by atoms with Gasteiger partial charge in [-0.2, -0.15) is 0 Å². The molecule has 1 heterocycles. The molecule has 13 rings (SSSR count). The quantitative estimate of drug-likeness (QED) is 0.164. The lowest BCUT2D eigenvalue weighted by molar-refractivity contribution is 0.674. The first-order chi connectivity index (χ1) is 29.3. The van der Waals surface area contributed by atoms with Gasteiger partial charge in [0.15, 0.2) is 0 Å². The van der Waals surface area contributed by atoms with E-state index in [0.29, 0.717) is 0 Å². The van der Waals surface area contributed by atoms with Crippen molar-refractivity contribution in [2.45, 2.75) is 0 Å². The zero-order valence-corrected chi connectivity index (χ0v) is 32.0. The second-order valence-electron chi connectivity index (χ2n) is 15.9. The molecule has 0 bridgehead atoms. The van der Waals surface area contributed by atoms with E-state index >= 15 is 0 Å². The van der Waals surface area contributed by atoms with Crippen molar-refractivity contribution in [1.82, 2.24) is 0 Å². The largest absolute Gasteiger partial charge is 0.455 e. The molecule has 272 valence electrons. The third-order valence-electron chi connectivity index (χ3n) is 12.8. The molecule has 0 fully saturated rings. The van der Waals surface area contributed by atoms with Crippen LogP contribution in [0.15, 0.2) is 211 Å². The topological polar surface area (TPSA) is 13.1 Å². The highest BCUT2D eigenvalue weighted by Gasteiger charge is 2.20. The summed E-state index contributed by atoms with van der Waals surface area (Å²) in [6.07, 6.45) is 0. The van der Waals surface area contributed by atoms with Crippen LogP contribution in [0.1, 0.15) is 0 Å². The van der Waals surface area contributed by atoms with E-state index in [1.807, 2.05) is 0 Å². The van der Waals surface area contributed by atoms with Crippen molar-refractivity contribution >= 4 is 97.3 Å². The molecule has 0 aliphatic carbocycles. The molecule has 0 aliphatic heterocycles. The second kappa shape index (κ2) is 12.4. The first kappa shape index (κ1) is 32.4. The number of fused-ring (bicyclic) bond motifs is 17. The molecule has 1 nitrogen and oxygen atoms in total. The van der Waals surface area contributed by atoms with Gasteiger partial charge >= 0.3 is 0 Å². The minimum Gasteiger partial charge on any atom is -0.455 e. The van der Waals surface area contributed by atoms with Crippen LogP contribution in [0, 0.1) is 0 Å². The van der Waals surface area contributed by atoms with Crippen molar-refractivity contribution < 1.29 is 4.42 Å². The SMILES string of the molecule is c1ccc(-c2ccc3c(c2)c2ccccc2c2c4ccc(-c5ccc(-c6cccc7c6oc6c8ccccc8ccc76)c6ccccc56)cc4c4ccccc4c32)cc1. The number of rotatable bonds is 3. The van der Waals surface area contributed by atoms with Crippen LogP contribution in [0.2, 0.25) is 0 Å². The van der Waals surface area contributed by atoms with Crippen LogP contribution < -0.4 is 0 Å². The second-order valence-corrected chi connectivity index (χ2v) is 15.9. The van der Waals surface area contributed by atoms with Gasteiger partial charge in [0, 0.05) is 21.7 Å². The molecule has 0 spiro atoms. The van der Waals surface area contributed by atoms with Gasteiger partial charge in [0.05, 0.1) is 0 Å². The molecule has 13 aromatic rings. The van der Waals surface area contributed by atoms with Gasteiger partial charge in [0.25, 0.3) is 0 Å². The van der Waals surface area contributed by atoms with E-state index in [4.69, 9.17) is 4.42 Å². The average molecular weight is 747 g/mol. The molecule has 0 amide bonds. The van der Waals surface area contributed by atoms with Crippen LogP contribution in [0.3, 0.4) is 0 Å². The molecule has 0 saturated carbocycles. The number of hydrogen-bond donors (Lipinski definition) is 0. The molecule has 1 heteroatoms. The maximum absolute atomic E-state index is 6.82. The predicted octanol–water partition coefficient (Wildman–Crippen LogP) is 16.7. The van der Waals surface area contributed by atoms with Gasteiger partial charge in [-0.15, -0.1) is 0 Å². The summed E-state index contributed by atoms with van der Waals surface area (Å²) in [6, 6.07) is 75.7. The van der Waals surface area contributed by atoms with Crippen LogP contribution in [0.5, 0.6) is 0 Å². The fourth-order valence-electron chi connectivity index (χ4n) is 10.2. The van der Waals surface area contributed by atoms with E-state index in [-0.39, 0.29) is 0 Å². The summed E-state index contributed by atoms with van der Waals surface area (Å²) in [5.41, 5.74) is 9.04. The highest BCUT2D eigenvalue weighted by Crippen LogP contribution is 2.47. The average Bonchev–Trinajstić information content (AvgIpc) is 3.71. The predicted molar refractivity (Wildman–Crippen MR) is 253 cm³/mol. The molecular weight excluding hydrogens is 713 g/mol. The van der Waals surface area contributed by atoms with Gasteiger partial charge in [0.2, 0.25) is 0 Å². The Bertz CT molecular complexity index is 3890. The Hall–Kier alpha value is -7.74. The Labute approximate surface area is 340 Å². The molecule has 12 aromatic carbocycles. The molecule has 0 saturated heterocycles. The lowest BCUT2D eigenvalue weighted by Gasteiger charge is -2.18. The van der Waals surface area contributed by atoms with Gasteiger partial charge in [0.1, 0.15) is 11.2 Å². The number of para-hydroxylation sites is 1. The van der Waals surface area contributed by atoms with Crippen molar-refractivity contribution in [3.8, 4) is 33.4 Å². The van der Waals surface area contributed by atoms with Gasteiger partial charge in [-0.25, -0.2) is 0 Å². The Morgan fingerprint density at radius 2 is 0.712 bits per heavy atom. The van der Waals surface area contributed by atoms with Crippen molar-refractivity contribution in [1.29, 1.82) is 0 Å². The summed E-state index contributed by atoms with van der Waals surface area (Å²) in [6.45, 7) is 0. The van der Waals surface area contributed by atoms with Gasteiger partial charge in [-0.1, -0.05) is 188 Å². The van der Waals surface area contributed by atoms with Crippen LogP contribution in [0.25, 0.3) is 131 Å². The zero-order chi connectivity index (χ0) is 38.6. The first-order valence-corrected chi connectivity index (χ1v) is 20.4. The van der Waals surface area contributed by atoms with Crippen LogP contribution in [-0.2, 0) is 0 Å². The smallest absolute Gasteiger partial charge is 0.143 e. The molecule has 0 aliphatic rings. The van der Waals surface area contributed by atoms with Crippen molar-refractivity contribution in [2.75, 3.05) is 0 Å². The number of hydrogen-bond acceptors (Lipinski definition) is 1. The van der Waals surface area contributed by atoms with Crippen molar-refractivity contribution in [2.24, 2.45) is 0 Å². The van der Waals surface area contributed by atoms with E-state index in [9.17, 15) is 0 Å². The molecule has 0 N–H and O–H groups in total. The minimum absolute atomic E-state index is 0.928. The van der Waals surface area contributed by atoms with Crippen LogP contribution >= 0.6 is 0 Å². The monoisotopic (exact) mass is 746 g/mol. The number of furan rings is 1. The number of benzene rings is 12. The Kier molecular flexibility index (Phi) is 6.79. The van der Waals surface area contributed by atoms with Crippen LogP contribution in [0.4, 0.5) is 0 Å². The summed E-state index contributed by atoms with van der Waals surface area (Å²) in [5.74, 6) is 0. The molecule has 0 unspecified atom stereocenters. The molecular formula is C58H34O. The van der Waals surface area contributed by atoms with Gasteiger partial charge in [-0.3, -0.25) is 0 Å². The lowest BCUT2D eigenvalue weighted by atomic mass is 9.85. The summed E-state index contributed by atoms with van der Waals surface area (Å²) in [5, 5.41) is 19.9. The summed E-state index contributed by atoms with van der Waals surface area (Å²) >= 11 is 0. The maximum atomic E-state index is 6.82. The highest BCUT2D eigenvalue weighted by molar-refractivity contribution is 6.40. The summed E-state index contributed by atoms with van der Waals surface area (Å²) < 4.78 is 6.82. The fourth-order valence-corrected chi connectivity index (χ4v) is 10.2. The van der Waals surface area contributed by atoms with E-state index < -0.39 is 0 Å². The van der Waals surface area contributed by atoms with Gasteiger partial charge < -0.3 is 4.42 Å². The van der Waals surface area contributed by atoms with E-state index in [2.05, 4.69) is 206 Å². The standard InChI is InChI=1S/C58H34O/c1-2-13-35(14-3-1)37-26-28-48-53(33-37)43-19-8-10-21-46(43)56-49-29-27-38(34-54(49)44-20-9-11-22-47(44)55(48)56)39-31-32-45(42-18-7-6-17-41(39)42)50-23-12-24-51-52-30-25-36-15-4-5-16-40(36)57(52)59-58(50)51/h1-34H. The Morgan fingerprint density at radius 1 is 0.220 bits per heavy atom. The fraction of sp³-hybridized carbons (Fsp3) is 0. The highest BCUT2D eigenvalue weighted by atomic mass is 16.3. The zero-order valence-electron chi connectivity index (χ0n) is 32.0. The van der Waals surface area contributed by atoms with E-state index in [1.165, 1.54) is 97.8 Å². The first-order valence-electron chi connectivity index (χ1n) is 20.4. The van der Waals surface area contributed by atoms with E-state index in [0.717, 1.165) is 32.9 Å². The third kappa shape index (κ3) is 4.67. The Balaban J connectivity index is 1.05. The van der Waals surface area contributed by atoms with Crippen LogP contribution in [-0.4, -0.2) is 0 Å². The van der Waals surface area contributed by atoms with Crippen molar-refractivity contribution in [3.05, 3.63) is 206 Å². The van der Waals surface area contributed by atoms with Gasteiger partial charge in [-0.05, 0) is 116 Å². The summed E-state index contributed by atoms with van der Waals surface area (Å²) in [7, 11) is 0. The minimum atomic E-state index is 0.928. The van der Waals surface area contributed by atoms with Crippen molar-refractivity contribution in [3.63, 3.8) is 0 Å². The molecule has 1 aromatic heterocycles. The maximum Gasteiger partial charge on any atom is 0.143 e. The summed E-state index contributed by atoms with van der Waals surface area (Å²) in [4.78, 5) is 0. The van der Waals surface area contributed by atoms with E-state index in [1.54, 1.807) is 0 Å². The lowest BCUT2D eigenvalue weighted by Crippen LogP contribution is -1.90. The molecule has 0 atom stereocenters. The molecule has 59 heavy (non-hydrogen) atoms. The normalized spacial score (nSPS) is 12.1.